The molecule has 0 spiro atoms. The van der Waals surface area contributed by atoms with E-state index < -0.39 is 0 Å². The average Bonchev–Trinajstić information content (AvgIpc) is 2.59. The van der Waals surface area contributed by atoms with E-state index in [4.69, 9.17) is 22.9 Å². The Kier molecular flexibility index (Phi) is 7.16. The second kappa shape index (κ2) is 8.65. The summed E-state index contributed by atoms with van der Waals surface area (Å²) in [5.74, 6) is 0. The van der Waals surface area contributed by atoms with E-state index in [9.17, 15) is 0 Å². The number of nitrogen functional groups attached to an aromatic ring is 4. The number of rotatable bonds is 3. The molecule has 0 atom stereocenters. The molecule has 2 rings (SSSR count). The van der Waals surface area contributed by atoms with Gasteiger partial charge in [-0.05, 0) is 73.4 Å². The lowest BCUT2D eigenvalue weighted by molar-refractivity contribution is 1.05. The summed E-state index contributed by atoms with van der Waals surface area (Å²) >= 11 is 0. The lowest BCUT2D eigenvalue weighted by atomic mass is 9.96. The zero-order valence-corrected chi connectivity index (χ0v) is 16.6. The van der Waals surface area contributed by atoms with Crippen molar-refractivity contribution >= 4 is 22.7 Å². The molecule has 0 aromatic heterocycles. The fraction of sp³-hybridized carbons (Fsp3) is 0.429. The van der Waals surface area contributed by atoms with Crippen LogP contribution in [0, 0.1) is 20.8 Å². The molecule has 0 bridgehead atoms. The molecule has 0 unspecified atom stereocenters. The van der Waals surface area contributed by atoms with Gasteiger partial charge in [0.2, 0.25) is 0 Å². The van der Waals surface area contributed by atoms with Crippen LogP contribution in [0.15, 0.2) is 12.1 Å². The van der Waals surface area contributed by atoms with Crippen LogP contribution in [0.25, 0.3) is 0 Å². The zero-order valence-electron chi connectivity index (χ0n) is 16.6. The van der Waals surface area contributed by atoms with Gasteiger partial charge >= 0.3 is 0 Å². The molecule has 0 fully saturated rings. The molecule has 2 aromatic rings. The van der Waals surface area contributed by atoms with E-state index in [2.05, 4.69) is 26.8 Å². The molecule has 0 aliphatic heterocycles. The van der Waals surface area contributed by atoms with Gasteiger partial charge in [0.05, 0.1) is 0 Å². The molecule has 0 aliphatic carbocycles. The van der Waals surface area contributed by atoms with Gasteiger partial charge in [-0.1, -0.05) is 32.9 Å². The largest absolute Gasteiger partial charge is 0.398 e. The first-order chi connectivity index (χ1) is 11.7. The third-order valence-electron chi connectivity index (χ3n) is 4.90. The van der Waals surface area contributed by atoms with E-state index in [-0.39, 0.29) is 0 Å². The first-order valence-corrected chi connectivity index (χ1v) is 8.99. The summed E-state index contributed by atoms with van der Waals surface area (Å²) in [7, 11) is 0. The first-order valence-electron chi connectivity index (χ1n) is 8.99. The lowest BCUT2D eigenvalue weighted by Crippen LogP contribution is -2.06. The van der Waals surface area contributed by atoms with Crippen LogP contribution < -0.4 is 22.9 Å². The molecule has 0 aliphatic rings. The second-order valence-corrected chi connectivity index (χ2v) is 6.52. The van der Waals surface area contributed by atoms with Crippen LogP contribution in [0.3, 0.4) is 0 Å². The molecule has 0 saturated heterocycles. The van der Waals surface area contributed by atoms with Crippen LogP contribution in [-0.4, -0.2) is 0 Å². The van der Waals surface area contributed by atoms with Gasteiger partial charge in [0.1, 0.15) is 0 Å². The minimum atomic E-state index is 0.813. The summed E-state index contributed by atoms with van der Waals surface area (Å²) in [6, 6.07) is 4.15. The maximum Gasteiger partial charge on any atom is 0.0399 e. The zero-order chi connectivity index (χ0) is 19.3. The summed E-state index contributed by atoms with van der Waals surface area (Å²) in [6.07, 6.45) is 2.87. The molecule has 0 radical (unpaired) electrons. The first kappa shape index (κ1) is 20.7. The van der Waals surface area contributed by atoms with Crippen LogP contribution >= 0.6 is 0 Å². The Morgan fingerprint density at radius 1 is 0.600 bits per heavy atom. The van der Waals surface area contributed by atoms with Gasteiger partial charge < -0.3 is 22.9 Å². The Hall–Kier alpha value is -2.36. The number of hydrogen-bond donors (Lipinski definition) is 4. The maximum atomic E-state index is 6.05. The molecule has 2 aromatic carbocycles. The third-order valence-corrected chi connectivity index (χ3v) is 4.90. The van der Waals surface area contributed by atoms with E-state index >= 15 is 0 Å². The second-order valence-electron chi connectivity index (χ2n) is 6.52. The summed E-state index contributed by atoms with van der Waals surface area (Å²) in [5, 5.41) is 0. The lowest BCUT2D eigenvalue weighted by Gasteiger charge is -2.15. The van der Waals surface area contributed by atoms with Crippen LogP contribution in [0.1, 0.15) is 54.2 Å². The average molecular weight is 343 g/mol. The van der Waals surface area contributed by atoms with Crippen molar-refractivity contribution in [3.8, 4) is 0 Å². The maximum absolute atomic E-state index is 6.05. The number of benzene rings is 2. The number of aryl methyl sites for hydroxylation is 4. The number of anilines is 4. The Labute approximate surface area is 152 Å². The van der Waals surface area contributed by atoms with Crippen molar-refractivity contribution in [1.82, 2.24) is 0 Å². The molecular formula is C21H34N4. The number of nitrogens with two attached hydrogens (primary N) is 4. The van der Waals surface area contributed by atoms with Gasteiger partial charge in [-0.2, -0.15) is 0 Å². The van der Waals surface area contributed by atoms with Gasteiger partial charge in [-0.25, -0.2) is 0 Å². The minimum Gasteiger partial charge on any atom is -0.398 e. The van der Waals surface area contributed by atoms with Gasteiger partial charge in [-0.3, -0.25) is 0 Å². The molecule has 0 heterocycles. The van der Waals surface area contributed by atoms with Crippen LogP contribution in [-0.2, 0) is 19.3 Å². The Balaban J connectivity index is 0.000000257. The molecule has 4 nitrogen and oxygen atoms in total. The Morgan fingerprint density at radius 2 is 1.00 bits per heavy atom. The highest BCUT2D eigenvalue weighted by Gasteiger charge is 2.10. The van der Waals surface area contributed by atoms with E-state index in [0.717, 1.165) is 64.3 Å². The highest BCUT2D eigenvalue weighted by Crippen LogP contribution is 2.29. The highest BCUT2D eigenvalue weighted by atomic mass is 14.6. The van der Waals surface area contributed by atoms with E-state index in [1.807, 2.05) is 26.8 Å². The SMILES string of the molecule is CCc1cc(CC)c(N)c(CC)c1N.Cc1cc(C)c(N)c(C)c1N. The fourth-order valence-electron chi connectivity index (χ4n) is 3.08. The Bertz CT molecular complexity index is 694. The predicted octanol–water partition coefficient (Wildman–Crippen LogP) is 4.31. The van der Waals surface area contributed by atoms with Gasteiger partial charge in [0, 0.05) is 22.7 Å². The van der Waals surface area contributed by atoms with Crippen molar-refractivity contribution in [3.63, 3.8) is 0 Å². The molecule has 138 valence electrons. The van der Waals surface area contributed by atoms with Crippen molar-refractivity contribution in [3.05, 3.63) is 45.5 Å². The van der Waals surface area contributed by atoms with Crippen molar-refractivity contribution in [2.45, 2.75) is 60.8 Å². The molecule has 8 N–H and O–H groups in total. The molecule has 4 heteroatoms. The van der Waals surface area contributed by atoms with Crippen molar-refractivity contribution in [2.24, 2.45) is 0 Å². The van der Waals surface area contributed by atoms with Gasteiger partial charge in [0.25, 0.3) is 0 Å². The molecule has 25 heavy (non-hydrogen) atoms. The smallest absolute Gasteiger partial charge is 0.0399 e. The molecule has 0 amide bonds. The van der Waals surface area contributed by atoms with E-state index in [1.165, 1.54) is 11.1 Å². The van der Waals surface area contributed by atoms with Crippen molar-refractivity contribution in [1.29, 1.82) is 0 Å². The van der Waals surface area contributed by atoms with Gasteiger partial charge in [-0.15, -0.1) is 0 Å². The fourth-order valence-corrected chi connectivity index (χ4v) is 3.08. The minimum absolute atomic E-state index is 0.813. The quantitative estimate of drug-likeness (QED) is 0.624. The van der Waals surface area contributed by atoms with Crippen molar-refractivity contribution < 1.29 is 0 Å². The summed E-state index contributed by atoms with van der Waals surface area (Å²) in [6.45, 7) is 12.3. The van der Waals surface area contributed by atoms with Crippen LogP contribution in [0.2, 0.25) is 0 Å². The molecular weight excluding hydrogens is 308 g/mol. The van der Waals surface area contributed by atoms with Crippen LogP contribution in [0.5, 0.6) is 0 Å². The topological polar surface area (TPSA) is 104 Å². The standard InChI is InChI=1S/C12H20N2.C9H14N2/c1-4-8-7-9(5-2)12(14)10(6-3)11(8)13;1-5-4-6(2)9(11)7(3)8(5)10/h7H,4-6,13-14H2,1-3H3;4H,10-11H2,1-3H3. The summed E-state index contributed by atoms with van der Waals surface area (Å²) in [4.78, 5) is 0. The monoisotopic (exact) mass is 342 g/mol. The van der Waals surface area contributed by atoms with Crippen LogP contribution in [0.4, 0.5) is 22.7 Å². The van der Waals surface area contributed by atoms with E-state index in [1.54, 1.807) is 0 Å². The van der Waals surface area contributed by atoms with E-state index in [0.29, 0.717) is 0 Å². The normalized spacial score (nSPS) is 10.3. The van der Waals surface area contributed by atoms with Gasteiger partial charge in [0.15, 0.2) is 0 Å². The summed E-state index contributed by atoms with van der Waals surface area (Å²) in [5.41, 5.74) is 33.9. The Morgan fingerprint density at radius 3 is 1.32 bits per heavy atom. The highest BCUT2D eigenvalue weighted by molar-refractivity contribution is 5.69. The predicted molar refractivity (Wildman–Crippen MR) is 113 cm³/mol. The third kappa shape index (κ3) is 4.38. The molecule has 0 saturated carbocycles. The summed E-state index contributed by atoms with van der Waals surface area (Å²) < 4.78 is 0. The van der Waals surface area contributed by atoms with Crippen molar-refractivity contribution in [2.75, 3.05) is 22.9 Å². The number of hydrogen-bond acceptors (Lipinski definition) is 4.